The third-order valence-electron chi connectivity index (χ3n) is 1.75. The van der Waals surface area contributed by atoms with Gasteiger partial charge < -0.3 is 14.2 Å². The van der Waals surface area contributed by atoms with Gasteiger partial charge in [-0.05, 0) is 26.2 Å². The number of ether oxygens (including phenoxy) is 3. The van der Waals surface area contributed by atoms with Gasteiger partial charge in [-0.25, -0.2) is 0 Å². The van der Waals surface area contributed by atoms with Crippen molar-refractivity contribution in [3.05, 3.63) is 0 Å². The molecule has 0 aromatic rings. The number of rotatable bonds is 11. The SMILES string of the molecule is CCCOCCCCOCCOCC. The minimum Gasteiger partial charge on any atom is -0.381 e. The lowest BCUT2D eigenvalue weighted by Gasteiger charge is -2.04. The average Bonchev–Trinajstić information content (AvgIpc) is 2.21. The highest BCUT2D eigenvalue weighted by molar-refractivity contribution is 4.38. The highest BCUT2D eigenvalue weighted by Crippen LogP contribution is 1.92. The van der Waals surface area contributed by atoms with Crippen molar-refractivity contribution in [2.24, 2.45) is 0 Å². The summed E-state index contributed by atoms with van der Waals surface area (Å²) in [5.41, 5.74) is 0. The number of hydrogen-bond acceptors (Lipinski definition) is 3. The lowest BCUT2D eigenvalue weighted by molar-refractivity contribution is 0.0477. The summed E-state index contributed by atoms with van der Waals surface area (Å²) in [5.74, 6) is 0. The van der Waals surface area contributed by atoms with Crippen LogP contribution in [0.5, 0.6) is 0 Å². The summed E-state index contributed by atoms with van der Waals surface area (Å²) in [6.07, 6.45) is 3.27. The molecule has 0 bridgehead atoms. The Balaban J connectivity index is 2.78. The summed E-state index contributed by atoms with van der Waals surface area (Å²) in [4.78, 5) is 0. The molecular weight excluding hydrogens is 180 g/mol. The summed E-state index contributed by atoms with van der Waals surface area (Å²) < 4.78 is 15.9. The predicted octanol–water partition coefficient (Wildman–Crippen LogP) is 2.25. The van der Waals surface area contributed by atoms with Crippen molar-refractivity contribution in [3.63, 3.8) is 0 Å². The summed E-state index contributed by atoms with van der Waals surface area (Å²) in [6.45, 7) is 8.87. The fourth-order valence-corrected chi connectivity index (χ4v) is 1.02. The van der Waals surface area contributed by atoms with Crippen LogP contribution in [0.1, 0.15) is 33.1 Å². The normalized spacial score (nSPS) is 10.7. The Morgan fingerprint density at radius 1 is 0.643 bits per heavy atom. The zero-order valence-corrected chi connectivity index (χ0v) is 9.59. The van der Waals surface area contributed by atoms with Crippen molar-refractivity contribution in [2.45, 2.75) is 33.1 Å². The molecule has 0 spiro atoms. The predicted molar refractivity (Wildman–Crippen MR) is 57.7 cm³/mol. The van der Waals surface area contributed by atoms with Crippen molar-refractivity contribution in [1.29, 1.82) is 0 Å². The van der Waals surface area contributed by atoms with E-state index in [4.69, 9.17) is 14.2 Å². The summed E-state index contributed by atoms with van der Waals surface area (Å²) in [5, 5.41) is 0. The summed E-state index contributed by atoms with van der Waals surface area (Å²) in [7, 11) is 0. The molecule has 0 saturated carbocycles. The van der Waals surface area contributed by atoms with Crippen LogP contribution < -0.4 is 0 Å². The first-order valence-corrected chi connectivity index (χ1v) is 5.65. The number of hydrogen-bond donors (Lipinski definition) is 0. The first kappa shape index (κ1) is 13.9. The standard InChI is InChI=1S/C11H24O3/c1-3-7-13-8-5-6-9-14-11-10-12-4-2/h3-11H2,1-2H3. The van der Waals surface area contributed by atoms with Gasteiger partial charge in [0.25, 0.3) is 0 Å². The molecule has 0 amide bonds. The third-order valence-corrected chi connectivity index (χ3v) is 1.75. The molecule has 0 fully saturated rings. The minimum absolute atomic E-state index is 0.711. The molecule has 0 atom stereocenters. The van der Waals surface area contributed by atoms with E-state index in [2.05, 4.69) is 6.92 Å². The molecule has 0 aliphatic rings. The Bertz CT molecular complexity index is 84.5. The maximum Gasteiger partial charge on any atom is 0.0700 e. The molecule has 0 unspecified atom stereocenters. The fourth-order valence-electron chi connectivity index (χ4n) is 1.02. The van der Waals surface area contributed by atoms with Crippen LogP contribution in [0.3, 0.4) is 0 Å². The van der Waals surface area contributed by atoms with Gasteiger partial charge in [0.1, 0.15) is 0 Å². The largest absolute Gasteiger partial charge is 0.381 e. The average molecular weight is 204 g/mol. The number of unbranched alkanes of at least 4 members (excludes halogenated alkanes) is 1. The van der Waals surface area contributed by atoms with Gasteiger partial charge in [-0.2, -0.15) is 0 Å². The van der Waals surface area contributed by atoms with Gasteiger partial charge in [-0.3, -0.25) is 0 Å². The van der Waals surface area contributed by atoms with Crippen LogP contribution in [0.25, 0.3) is 0 Å². The molecule has 0 N–H and O–H groups in total. The van der Waals surface area contributed by atoms with Gasteiger partial charge in [-0.15, -0.1) is 0 Å². The second kappa shape index (κ2) is 12.9. The van der Waals surface area contributed by atoms with E-state index in [1.165, 1.54) is 0 Å². The van der Waals surface area contributed by atoms with Gasteiger partial charge >= 0.3 is 0 Å². The van der Waals surface area contributed by atoms with Crippen molar-refractivity contribution in [1.82, 2.24) is 0 Å². The highest BCUT2D eigenvalue weighted by atomic mass is 16.5. The van der Waals surface area contributed by atoms with Crippen molar-refractivity contribution < 1.29 is 14.2 Å². The van der Waals surface area contributed by atoms with Crippen LogP contribution in [0.4, 0.5) is 0 Å². The minimum atomic E-state index is 0.711. The topological polar surface area (TPSA) is 27.7 Å². The lowest BCUT2D eigenvalue weighted by atomic mass is 10.3. The van der Waals surface area contributed by atoms with Crippen LogP contribution in [0.15, 0.2) is 0 Å². The van der Waals surface area contributed by atoms with E-state index in [1.54, 1.807) is 0 Å². The summed E-state index contributed by atoms with van der Waals surface area (Å²) in [6, 6.07) is 0. The Labute approximate surface area is 87.7 Å². The van der Waals surface area contributed by atoms with Gasteiger partial charge in [-0.1, -0.05) is 6.92 Å². The zero-order chi connectivity index (χ0) is 10.5. The molecule has 0 radical (unpaired) electrons. The summed E-state index contributed by atoms with van der Waals surface area (Å²) >= 11 is 0. The van der Waals surface area contributed by atoms with Crippen LogP contribution in [0.2, 0.25) is 0 Å². The van der Waals surface area contributed by atoms with E-state index in [9.17, 15) is 0 Å². The van der Waals surface area contributed by atoms with E-state index in [0.29, 0.717) is 13.2 Å². The van der Waals surface area contributed by atoms with E-state index >= 15 is 0 Å². The fraction of sp³-hybridized carbons (Fsp3) is 1.00. The monoisotopic (exact) mass is 204 g/mol. The Kier molecular flexibility index (Phi) is 12.8. The molecule has 3 heteroatoms. The van der Waals surface area contributed by atoms with Crippen molar-refractivity contribution >= 4 is 0 Å². The lowest BCUT2D eigenvalue weighted by Crippen LogP contribution is -2.05. The van der Waals surface area contributed by atoms with Crippen LogP contribution >= 0.6 is 0 Å². The molecule has 0 aliphatic heterocycles. The van der Waals surface area contributed by atoms with Crippen LogP contribution in [-0.2, 0) is 14.2 Å². The molecule has 0 aliphatic carbocycles. The molecule has 0 aromatic heterocycles. The molecule has 0 heterocycles. The maximum absolute atomic E-state index is 5.36. The molecule has 3 nitrogen and oxygen atoms in total. The van der Waals surface area contributed by atoms with E-state index in [0.717, 1.165) is 45.7 Å². The molecule has 86 valence electrons. The Morgan fingerprint density at radius 3 is 1.79 bits per heavy atom. The highest BCUT2D eigenvalue weighted by Gasteiger charge is 1.90. The molecule has 0 saturated heterocycles. The van der Waals surface area contributed by atoms with Gasteiger partial charge in [0, 0.05) is 26.4 Å². The van der Waals surface area contributed by atoms with Crippen LogP contribution in [-0.4, -0.2) is 39.6 Å². The Hall–Kier alpha value is -0.120. The second-order valence-electron chi connectivity index (χ2n) is 3.13. The molecule has 0 aromatic carbocycles. The first-order chi connectivity index (χ1) is 6.91. The van der Waals surface area contributed by atoms with E-state index < -0.39 is 0 Å². The van der Waals surface area contributed by atoms with Crippen molar-refractivity contribution in [3.8, 4) is 0 Å². The Morgan fingerprint density at radius 2 is 1.21 bits per heavy atom. The van der Waals surface area contributed by atoms with Crippen LogP contribution in [0, 0.1) is 0 Å². The van der Waals surface area contributed by atoms with Gasteiger partial charge in [0.05, 0.1) is 13.2 Å². The smallest absolute Gasteiger partial charge is 0.0700 e. The maximum atomic E-state index is 5.36. The van der Waals surface area contributed by atoms with Crippen molar-refractivity contribution in [2.75, 3.05) is 39.6 Å². The van der Waals surface area contributed by atoms with E-state index in [-0.39, 0.29) is 0 Å². The zero-order valence-electron chi connectivity index (χ0n) is 9.59. The molecule has 14 heavy (non-hydrogen) atoms. The third kappa shape index (κ3) is 11.9. The van der Waals surface area contributed by atoms with E-state index in [1.807, 2.05) is 6.92 Å². The second-order valence-corrected chi connectivity index (χ2v) is 3.13. The molecular formula is C11H24O3. The first-order valence-electron chi connectivity index (χ1n) is 5.65. The van der Waals surface area contributed by atoms with Gasteiger partial charge in [0.15, 0.2) is 0 Å². The quantitative estimate of drug-likeness (QED) is 0.483. The van der Waals surface area contributed by atoms with Gasteiger partial charge in [0.2, 0.25) is 0 Å². The molecule has 0 rings (SSSR count).